The van der Waals surface area contributed by atoms with Gasteiger partial charge in [-0.25, -0.2) is 0 Å². The monoisotopic (exact) mass is 184 g/mol. The van der Waals surface area contributed by atoms with Gasteiger partial charge in [-0.1, -0.05) is 19.8 Å². The molecule has 0 aliphatic heterocycles. The lowest BCUT2D eigenvalue weighted by molar-refractivity contribution is -0.0216. The van der Waals surface area contributed by atoms with Gasteiger partial charge >= 0.3 is 0 Å². The summed E-state index contributed by atoms with van der Waals surface area (Å²) in [6.07, 6.45) is 5.56. The maximum absolute atomic E-state index is 5.81. The highest BCUT2D eigenvalue weighted by atomic mass is 16.5. The van der Waals surface area contributed by atoms with Gasteiger partial charge in [0, 0.05) is 0 Å². The van der Waals surface area contributed by atoms with E-state index in [2.05, 4.69) is 27.7 Å². The first-order valence-corrected chi connectivity index (χ1v) is 5.65. The first-order valence-electron chi connectivity index (χ1n) is 5.65. The molecule has 0 saturated heterocycles. The third-order valence-electron chi connectivity index (χ3n) is 2.98. The standard InChI is InChI=1S/C12H24O/c1-5-10-6-7-11(8-10)9-13-12(2,3)4/h10-11H,5-9H2,1-4H3. The van der Waals surface area contributed by atoms with E-state index in [0.29, 0.717) is 0 Å². The zero-order valence-electron chi connectivity index (χ0n) is 9.60. The van der Waals surface area contributed by atoms with Crippen molar-refractivity contribution in [3.63, 3.8) is 0 Å². The van der Waals surface area contributed by atoms with Crippen molar-refractivity contribution >= 4 is 0 Å². The maximum atomic E-state index is 5.81. The normalized spacial score (nSPS) is 29.5. The van der Waals surface area contributed by atoms with Crippen LogP contribution >= 0.6 is 0 Å². The predicted octanol–water partition coefficient (Wildman–Crippen LogP) is 3.63. The minimum Gasteiger partial charge on any atom is -0.376 e. The number of ether oxygens (including phenoxy) is 1. The summed E-state index contributed by atoms with van der Waals surface area (Å²) in [5.41, 5.74) is 0.0459. The van der Waals surface area contributed by atoms with E-state index in [1.807, 2.05) is 0 Å². The average molecular weight is 184 g/mol. The lowest BCUT2D eigenvalue weighted by atomic mass is 10.0. The van der Waals surface area contributed by atoms with Crippen LogP contribution in [0.5, 0.6) is 0 Å². The molecule has 0 heterocycles. The van der Waals surface area contributed by atoms with E-state index in [0.717, 1.165) is 18.4 Å². The van der Waals surface area contributed by atoms with Gasteiger partial charge in [0.1, 0.15) is 0 Å². The molecule has 1 heteroatoms. The Hall–Kier alpha value is -0.0400. The van der Waals surface area contributed by atoms with Crippen LogP contribution in [0.3, 0.4) is 0 Å². The van der Waals surface area contributed by atoms with Crippen molar-refractivity contribution in [2.45, 2.75) is 59.0 Å². The van der Waals surface area contributed by atoms with Gasteiger partial charge in [-0.15, -0.1) is 0 Å². The first kappa shape index (κ1) is 11.0. The van der Waals surface area contributed by atoms with Gasteiger partial charge in [0.05, 0.1) is 12.2 Å². The largest absolute Gasteiger partial charge is 0.376 e. The predicted molar refractivity (Wildman–Crippen MR) is 56.8 cm³/mol. The number of hydrogen-bond acceptors (Lipinski definition) is 1. The Morgan fingerprint density at radius 1 is 1.15 bits per heavy atom. The minimum atomic E-state index is 0.0459. The van der Waals surface area contributed by atoms with Gasteiger partial charge in [-0.3, -0.25) is 0 Å². The fourth-order valence-corrected chi connectivity index (χ4v) is 2.07. The maximum Gasteiger partial charge on any atom is 0.0598 e. The molecule has 0 radical (unpaired) electrons. The van der Waals surface area contributed by atoms with Gasteiger partial charge in [0.15, 0.2) is 0 Å². The quantitative estimate of drug-likeness (QED) is 0.651. The lowest BCUT2D eigenvalue weighted by Crippen LogP contribution is -2.22. The Morgan fingerprint density at radius 3 is 2.23 bits per heavy atom. The summed E-state index contributed by atoms with van der Waals surface area (Å²) in [6.45, 7) is 9.69. The van der Waals surface area contributed by atoms with Crippen LogP contribution < -0.4 is 0 Å². The molecule has 78 valence electrons. The van der Waals surface area contributed by atoms with Crippen LogP contribution in [0.4, 0.5) is 0 Å². The Labute approximate surface area is 82.9 Å². The minimum absolute atomic E-state index is 0.0459. The summed E-state index contributed by atoms with van der Waals surface area (Å²) in [6, 6.07) is 0. The second kappa shape index (κ2) is 4.45. The van der Waals surface area contributed by atoms with Crippen molar-refractivity contribution in [2.75, 3.05) is 6.61 Å². The van der Waals surface area contributed by atoms with Crippen LogP contribution in [-0.4, -0.2) is 12.2 Å². The van der Waals surface area contributed by atoms with Crippen molar-refractivity contribution in [1.82, 2.24) is 0 Å². The molecule has 13 heavy (non-hydrogen) atoms. The smallest absolute Gasteiger partial charge is 0.0598 e. The third-order valence-corrected chi connectivity index (χ3v) is 2.98. The van der Waals surface area contributed by atoms with Gasteiger partial charge < -0.3 is 4.74 Å². The van der Waals surface area contributed by atoms with Crippen molar-refractivity contribution in [3.8, 4) is 0 Å². The van der Waals surface area contributed by atoms with E-state index in [4.69, 9.17) is 4.74 Å². The lowest BCUT2D eigenvalue weighted by Gasteiger charge is -2.22. The zero-order chi connectivity index (χ0) is 9.90. The molecule has 0 aromatic carbocycles. The van der Waals surface area contributed by atoms with Crippen LogP contribution in [0.2, 0.25) is 0 Å². The summed E-state index contributed by atoms with van der Waals surface area (Å²) < 4.78 is 5.81. The summed E-state index contributed by atoms with van der Waals surface area (Å²) in [5.74, 6) is 1.82. The molecule has 1 saturated carbocycles. The highest BCUT2D eigenvalue weighted by molar-refractivity contribution is 4.75. The molecular formula is C12H24O. The van der Waals surface area contributed by atoms with Crippen LogP contribution in [0.25, 0.3) is 0 Å². The van der Waals surface area contributed by atoms with Crippen molar-refractivity contribution in [1.29, 1.82) is 0 Å². The fraction of sp³-hybridized carbons (Fsp3) is 1.00. The number of hydrogen-bond donors (Lipinski definition) is 0. The second-order valence-corrected chi connectivity index (χ2v) is 5.38. The van der Waals surface area contributed by atoms with Crippen molar-refractivity contribution < 1.29 is 4.74 Å². The first-order chi connectivity index (χ1) is 6.01. The van der Waals surface area contributed by atoms with Crippen LogP contribution in [0.15, 0.2) is 0 Å². The molecule has 0 amide bonds. The summed E-state index contributed by atoms with van der Waals surface area (Å²) in [7, 11) is 0. The van der Waals surface area contributed by atoms with Crippen molar-refractivity contribution in [3.05, 3.63) is 0 Å². The molecule has 2 unspecified atom stereocenters. The SMILES string of the molecule is CCC1CCC(COC(C)(C)C)C1. The Kier molecular flexibility index (Phi) is 3.78. The molecule has 1 fully saturated rings. The van der Waals surface area contributed by atoms with E-state index in [9.17, 15) is 0 Å². The molecular weight excluding hydrogens is 160 g/mol. The zero-order valence-corrected chi connectivity index (χ0v) is 9.60. The molecule has 0 spiro atoms. The third kappa shape index (κ3) is 4.12. The van der Waals surface area contributed by atoms with Gasteiger partial charge in [0.2, 0.25) is 0 Å². The molecule has 0 bridgehead atoms. The van der Waals surface area contributed by atoms with Crippen molar-refractivity contribution in [2.24, 2.45) is 11.8 Å². The van der Waals surface area contributed by atoms with Crippen LogP contribution in [-0.2, 0) is 4.74 Å². The molecule has 0 aromatic rings. The summed E-state index contributed by atoms with van der Waals surface area (Å²) >= 11 is 0. The summed E-state index contributed by atoms with van der Waals surface area (Å²) in [5, 5.41) is 0. The van der Waals surface area contributed by atoms with E-state index < -0.39 is 0 Å². The molecule has 2 atom stereocenters. The van der Waals surface area contributed by atoms with E-state index in [1.54, 1.807) is 0 Å². The fourth-order valence-electron chi connectivity index (χ4n) is 2.07. The average Bonchev–Trinajstić information content (AvgIpc) is 2.47. The molecule has 1 rings (SSSR count). The number of rotatable bonds is 3. The van der Waals surface area contributed by atoms with Crippen LogP contribution in [0.1, 0.15) is 53.4 Å². The Morgan fingerprint density at radius 2 is 1.77 bits per heavy atom. The topological polar surface area (TPSA) is 9.23 Å². The molecule has 1 nitrogen and oxygen atoms in total. The van der Waals surface area contributed by atoms with E-state index >= 15 is 0 Å². The Bertz CT molecular complexity index is 146. The van der Waals surface area contributed by atoms with E-state index in [-0.39, 0.29) is 5.60 Å². The van der Waals surface area contributed by atoms with E-state index in [1.165, 1.54) is 25.7 Å². The van der Waals surface area contributed by atoms with Gasteiger partial charge in [0.25, 0.3) is 0 Å². The van der Waals surface area contributed by atoms with Crippen LogP contribution in [0, 0.1) is 11.8 Å². The molecule has 0 N–H and O–H groups in total. The highest BCUT2D eigenvalue weighted by Crippen LogP contribution is 2.33. The molecule has 1 aliphatic rings. The van der Waals surface area contributed by atoms with Gasteiger partial charge in [-0.2, -0.15) is 0 Å². The molecule has 1 aliphatic carbocycles. The highest BCUT2D eigenvalue weighted by Gasteiger charge is 2.24. The second-order valence-electron chi connectivity index (χ2n) is 5.38. The molecule has 0 aromatic heterocycles. The Balaban J connectivity index is 2.17. The summed E-state index contributed by atoms with van der Waals surface area (Å²) in [4.78, 5) is 0. The van der Waals surface area contributed by atoms with Gasteiger partial charge in [-0.05, 0) is 45.4 Å².